The van der Waals surface area contributed by atoms with Crippen molar-refractivity contribution < 1.29 is 4.39 Å². The van der Waals surface area contributed by atoms with E-state index in [-0.39, 0.29) is 5.82 Å². The molecule has 1 aliphatic rings. The van der Waals surface area contributed by atoms with E-state index < -0.39 is 0 Å². The standard InChI is InChI=1S/C12H13FN2/c13-12-4-2-1-3-10(12)9-15(8-7-14)11-5-6-11/h1-4,11H,5-6,8-9H2. The van der Waals surface area contributed by atoms with Crippen LogP contribution in [0.15, 0.2) is 24.3 Å². The summed E-state index contributed by atoms with van der Waals surface area (Å²) in [7, 11) is 0. The van der Waals surface area contributed by atoms with Gasteiger partial charge in [0.15, 0.2) is 0 Å². The molecule has 0 radical (unpaired) electrons. The zero-order valence-electron chi connectivity index (χ0n) is 8.49. The van der Waals surface area contributed by atoms with Crippen molar-refractivity contribution in [1.82, 2.24) is 4.90 Å². The van der Waals surface area contributed by atoms with E-state index in [2.05, 4.69) is 6.07 Å². The quantitative estimate of drug-likeness (QED) is 0.704. The van der Waals surface area contributed by atoms with Gasteiger partial charge in [-0.05, 0) is 18.9 Å². The monoisotopic (exact) mass is 204 g/mol. The third kappa shape index (κ3) is 2.54. The van der Waals surface area contributed by atoms with E-state index in [0.29, 0.717) is 24.7 Å². The van der Waals surface area contributed by atoms with Crippen LogP contribution in [0, 0.1) is 17.1 Å². The third-order valence-electron chi connectivity index (χ3n) is 2.67. The molecule has 2 nitrogen and oxygen atoms in total. The minimum absolute atomic E-state index is 0.180. The Balaban J connectivity index is 2.06. The van der Waals surface area contributed by atoms with Crippen molar-refractivity contribution in [2.75, 3.05) is 6.54 Å². The second-order valence-corrected chi connectivity index (χ2v) is 3.89. The largest absolute Gasteiger partial charge is 0.283 e. The molecular formula is C12H13FN2. The van der Waals surface area contributed by atoms with E-state index in [4.69, 9.17) is 5.26 Å². The molecule has 0 unspecified atom stereocenters. The zero-order chi connectivity index (χ0) is 10.7. The Bertz CT molecular complexity index is 379. The lowest BCUT2D eigenvalue weighted by Crippen LogP contribution is -2.26. The van der Waals surface area contributed by atoms with Crippen molar-refractivity contribution in [3.63, 3.8) is 0 Å². The minimum Gasteiger partial charge on any atom is -0.283 e. The molecule has 0 spiro atoms. The van der Waals surface area contributed by atoms with Gasteiger partial charge in [0.1, 0.15) is 5.82 Å². The van der Waals surface area contributed by atoms with Crippen LogP contribution in [0.3, 0.4) is 0 Å². The van der Waals surface area contributed by atoms with Crippen molar-refractivity contribution in [3.05, 3.63) is 35.6 Å². The number of halogens is 1. The van der Waals surface area contributed by atoms with E-state index in [1.807, 2.05) is 11.0 Å². The summed E-state index contributed by atoms with van der Waals surface area (Å²) in [6, 6.07) is 9.38. The lowest BCUT2D eigenvalue weighted by Gasteiger charge is -2.18. The van der Waals surface area contributed by atoms with Gasteiger partial charge in [-0.25, -0.2) is 4.39 Å². The summed E-state index contributed by atoms with van der Waals surface area (Å²) in [5.41, 5.74) is 0.680. The fraction of sp³-hybridized carbons (Fsp3) is 0.417. The molecule has 3 heteroatoms. The molecule has 1 aromatic rings. The van der Waals surface area contributed by atoms with Crippen LogP contribution in [0.1, 0.15) is 18.4 Å². The molecule has 0 N–H and O–H groups in total. The molecule has 0 bridgehead atoms. The smallest absolute Gasteiger partial charge is 0.127 e. The average molecular weight is 204 g/mol. The first-order valence-corrected chi connectivity index (χ1v) is 5.15. The van der Waals surface area contributed by atoms with Crippen molar-refractivity contribution in [2.24, 2.45) is 0 Å². The maximum absolute atomic E-state index is 13.4. The summed E-state index contributed by atoms with van der Waals surface area (Å²) in [6.07, 6.45) is 2.27. The molecule has 1 aliphatic carbocycles. The van der Waals surface area contributed by atoms with Gasteiger partial charge in [-0.15, -0.1) is 0 Å². The summed E-state index contributed by atoms with van der Waals surface area (Å²) in [5, 5.41) is 8.68. The Morgan fingerprint density at radius 3 is 2.73 bits per heavy atom. The summed E-state index contributed by atoms with van der Waals surface area (Å²) >= 11 is 0. The maximum Gasteiger partial charge on any atom is 0.127 e. The second kappa shape index (κ2) is 4.41. The van der Waals surface area contributed by atoms with E-state index in [1.54, 1.807) is 12.1 Å². The predicted molar refractivity (Wildman–Crippen MR) is 55.4 cm³/mol. The van der Waals surface area contributed by atoms with Crippen LogP contribution < -0.4 is 0 Å². The molecule has 0 heterocycles. The van der Waals surface area contributed by atoms with Gasteiger partial charge < -0.3 is 0 Å². The van der Waals surface area contributed by atoms with Gasteiger partial charge in [0.05, 0.1) is 12.6 Å². The summed E-state index contributed by atoms with van der Waals surface area (Å²) in [5.74, 6) is -0.180. The van der Waals surface area contributed by atoms with Crippen molar-refractivity contribution in [1.29, 1.82) is 5.26 Å². The SMILES string of the molecule is N#CCN(Cc1ccccc1F)C1CC1. The van der Waals surface area contributed by atoms with Crippen LogP contribution in [-0.4, -0.2) is 17.5 Å². The molecule has 15 heavy (non-hydrogen) atoms. The number of nitriles is 1. The first-order valence-electron chi connectivity index (χ1n) is 5.15. The highest BCUT2D eigenvalue weighted by atomic mass is 19.1. The lowest BCUT2D eigenvalue weighted by atomic mass is 10.2. The Morgan fingerprint density at radius 1 is 1.40 bits per heavy atom. The van der Waals surface area contributed by atoms with Crippen molar-refractivity contribution in [2.45, 2.75) is 25.4 Å². The molecular weight excluding hydrogens is 191 g/mol. The van der Waals surface area contributed by atoms with Crippen LogP contribution in [0.2, 0.25) is 0 Å². The lowest BCUT2D eigenvalue weighted by molar-refractivity contribution is 0.282. The molecule has 0 atom stereocenters. The highest BCUT2D eigenvalue weighted by Gasteiger charge is 2.28. The fourth-order valence-corrected chi connectivity index (χ4v) is 1.69. The number of hydrogen-bond donors (Lipinski definition) is 0. The topological polar surface area (TPSA) is 27.0 Å². The number of benzene rings is 1. The summed E-state index contributed by atoms with van der Waals surface area (Å²) < 4.78 is 13.4. The zero-order valence-corrected chi connectivity index (χ0v) is 8.49. The Hall–Kier alpha value is -1.40. The van der Waals surface area contributed by atoms with Crippen LogP contribution in [-0.2, 0) is 6.54 Å². The summed E-state index contributed by atoms with van der Waals surface area (Å²) in [6.45, 7) is 0.934. The van der Waals surface area contributed by atoms with Gasteiger partial charge >= 0.3 is 0 Å². The molecule has 0 amide bonds. The van der Waals surface area contributed by atoms with Crippen LogP contribution in [0.4, 0.5) is 4.39 Å². The first-order chi connectivity index (χ1) is 7.31. The molecule has 1 aromatic carbocycles. The Labute approximate surface area is 88.9 Å². The van der Waals surface area contributed by atoms with Gasteiger partial charge in [0.2, 0.25) is 0 Å². The summed E-state index contributed by atoms with van der Waals surface area (Å²) in [4.78, 5) is 2.04. The van der Waals surface area contributed by atoms with E-state index in [1.165, 1.54) is 6.07 Å². The van der Waals surface area contributed by atoms with Gasteiger partial charge in [0.25, 0.3) is 0 Å². The molecule has 1 fully saturated rings. The van der Waals surface area contributed by atoms with Gasteiger partial charge in [-0.2, -0.15) is 5.26 Å². The Kier molecular flexibility index (Phi) is 2.98. The highest BCUT2D eigenvalue weighted by molar-refractivity contribution is 5.17. The molecule has 78 valence electrons. The number of hydrogen-bond acceptors (Lipinski definition) is 2. The van der Waals surface area contributed by atoms with Crippen LogP contribution in [0.25, 0.3) is 0 Å². The minimum atomic E-state index is -0.180. The average Bonchev–Trinajstić information content (AvgIpc) is 3.04. The number of rotatable bonds is 4. The van der Waals surface area contributed by atoms with Crippen LogP contribution in [0.5, 0.6) is 0 Å². The molecule has 1 saturated carbocycles. The molecule has 0 aromatic heterocycles. The van der Waals surface area contributed by atoms with E-state index in [9.17, 15) is 4.39 Å². The highest BCUT2D eigenvalue weighted by Crippen LogP contribution is 2.28. The van der Waals surface area contributed by atoms with Crippen molar-refractivity contribution >= 4 is 0 Å². The number of nitrogens with zero attached hydrogens (tertiary/aromatic N) is 2. The third-order valence-corrected chi connectivity index (χ3v) is 2.67. The maximum atomic E-state index is 13.4. The van der Waals surface area contributed by atoms with Gasteiger partial charge in [0, 0.05) is 18.2 Å². The first kappa shape index (κ1) is 10.1. The molecule has 0 saturated heterocycles. The van der Waals surface area contributed by atoms with Crippen LogP contribution >= 0.6 is 0 Å². The molecule has 2 rings (SSSR count). The Morgan fingerprint density at radius 2 is 2.13 bits per heavy atom. The van der Waals surface area contributed by atoms with E-state index in [0.717, 1.165) is 12.8 Å². The van der Waals surface area contributed by atoms with E-state index >= 15 is 0 Å². The fourth-order valence-electron chi connectivity index (χ4n) is 1.69. The van der Waals surface area contributed by atoms with Crippen molar-refractivity contribution in [3.8, 4) is 6.07 Å². The predicted octanol–water partition coefficient (Wildman–Crippen LogP) is 2.31. The van der Waals surface area contributed by atoms with Gasteiger partial charge in [-0.1, -0.05) is 18.2 Å². The molecule has 0 aliphatic heterocycles. The second-order valence-electron chi connectivity index (χ2n) is 3.89. The normalized spacial score (nSPS) is 15.3. The van der Waals surface area contributed by atoms with Gasteiger partial charge in [-0.3, -0.25) is 4.90 Å².